The highest BCUT2D eigenvalue weighted by molar-refractivity contribution is 14.0. The molecule has 7 nitrogen and oxygen atoms in total. The van der Waals surface area contributed by atoms with E-state index >= 15 is 0 Å². The van der Waals surface area contributed by atoms with Crippen molar-refractivity contribution in [3.05, 3.63) is 0 Å². The van der Waals surface area contributed by atoms with Crippen LogP contribution in [-0.2, 0) is 14.3 Å². The van der Waals surface area contributed by atoms with Gasteiger partial charge >= 0.3 is 5.97 Å². The highest BCUT2D eigenvalue weighted by Gasteiger charge is 2.33. The topological polar surface area (TPSA) is 83.4 Å². The SMILES string of the molecule is CN=C(NCC1(CO)CCOCC1)N1CCC(C(=O)OC)CC1.I. The normalized spacial score (nSPS) is 21.8. The molecule has 2 heterocycles. The summed E-state index contributed by atoms with van der Waals surface area (Å²) in [6.07, 6.45) is 3.29. The van der Waals surface area contributed by atoms with Gasteiger partial charge in [0.25, 0.3) is 0 Å². The molecule has 0 atom stereocenters. The van der Waals surface area contributed by atoms with E-state index in [0.29, 0.717) is 19.8 Å². The molecule has 2 saturated heterocycles. The summed E-state index contributed by atoms with van der Waals surface area (Å²) in [7, 11) is 3.21. The van der Waals surface area contributed by atoms with E-state index in [-0.39, 0.29) is 47.9 Å². The van der Waals surface area contributed by atoms with Crippen molar-refractivity contribution in [2.24, 2.45) is 16.3 Å². The predicted octanol–water partition coefficient (Wildman–Crippen LogP) is 0.854. The number of carbonyl (C=O) groups excluding carboxylic acids is 1. The minimum absolute atomic E-state index is 0. The molecule has 0 radical (unpaired) electrons. The average Bonchev–Trinajstić information content (AvgIpc) is 2.63. The van der Waals surface area contributed by atoms with Crippen LogP contribution in [0.25, 0.3) is 0 Å². The molecule has 0 amide bonds. The first-order chi connectivity index (χ1) is 11.1. The maximum Gasteiger partial charge on any atom is 0.308 e. The van der Waals surface area contributed by atoms with Crippen LogP contribution in [0.4, 0.5) is 0 Å². The lowest BCUT2D eigenvalue weighted by Gasteiger charge is -2.38. The van der Waals surface area contributed by atoms with E-state index in [1.54, 1.807) is 7.05 Å². The summed E-state index contributed by atoms with van der Waals surface area (Å²) in [4.78, 5) is 18.1. The molecule has 0 saturated carbocycles. The fourth-order valence-electron chi connectivity index (χ4n) is 3.29. The Balaban J connectivity index is 0.00000288. The zero-order valence-electron chi connectivity index (χ0n) is 14.6. The number of rotatable bonds is 4. The van der Waals surface area contributed by atoms with Gasteiger partial charge in [-0.25, -0.2) is 0 Å². The number of piperidine rings is 1. The van der Waals surface area contributed by atoms with E-state index in [1.807, 2.05) is 0 Å². The van der Waals surface area contributed by atoms with Gasteiger partial charge in [-0.2, -0.15) is 0 Å². The Morgan fingerprint density at radius 3 is 2.50 bits per heavy atom. The second kappa shape index (κ2) is 10.4. The van der Waals surface area contributed by atoms with Crippen LogP contribution in [0.3, 0.4) is 0 Å². The van der Waals surface area contributed by atoms with Crippen molar-refractivity contribution in [2.75, 3.05) is 53.6 Å². The molecule has 0 aromatic heterocycles. The van der Waals surface area contributed by atoms with Gasteiger partial charge in [0.15, 0.2) is 5.96 Å². The molecule has 0 unspecified atom stereocenters. The number of carbonyl (C=O) groups is 1. The molecule has 0 spiro atoms. The highest BCUT2D eigenvalue weighted by Crippen LogP contribution is 2.29. The van der Waals surface area contributed by atoms with Gasteiger partial charge in [-0.05, 0) is 25.7 Å². The first-order valence-corrected chi connectivity index (χ1v) is 8.36. The molecule has 2 N–H and O–H groups in total. The Morgan fingerprint density at radius 1 is 1.38 bits per heavy atom. The lowest BCUT2D eigenvalue weighted by molar-refractivity contribution is -0.146. The van der Waals surface area contributed by atoms with Crippen LogP contribution in [0.1, 0.15) is 25.7 Å². The van der Waals surface area contributed by atoms with Gasteiger partial charge in [-0.3, -0.25) is 9.79 Å². The smallest absolute Gasteiger partial charge is 0.308 e. The third-order valence-corrected chi connectivity index (χ3v) is 5.05. The number of nitrogens with one attached hydrogen (secondary N) is 1. The maximum atomic E-state index is 11.6. The number of hydrogen-bond acceptors (Lipinski definition) is 5. The van der Waals surface area contributed by atoms with Crippen LogP contribution in [0.15, 0.2) is 4.99 Å². The molecule has 8 heteroatoms. The number of nitrogens with zero attached hydrogens (tertiary/aromatic N) is 2. The van der Waals surface area contributed by atoms with Gasteiger partial charge in [-0.1, -0.05) is 0 Å². The number of guanidine groups is 1. The summed E-state index contributed by atoms with van der Waals surface area (Å²) in [6.45, 7) is 3.82. The molecule has 2 fully saturated rings. The summed E-state index contributed by atoms with van der Waals surface area (Å²) in [5, 5.41) is 13.2. The van der Waals surface area contributed by atoms with Crippen LogP contribution in [-0.4, -0.2) is 75.5 Å². The summed E-state index contributed by atoms with van der Waals surface area (Å²) in [6, 6.07) is 0. The first kappa shape index (κ1) is 21.4. The Morgan fingerprint density at radius 2 is 2.00 bits per heavy atom. The maximum absolute atomic E-state index is 11.6. The van der Waals surface area contributed by atoms with Gasteiger partial charge in [0.1, 0.15) is 0 Å². The van der Waals surface area contributed by atoms with Crippen molar-refractivity contribution in [1.29, 1.82) is 0 Å². The van der Waals surface area contributed by atoms with E-state index in [1.165, 1.54) is 7.11 Å². The van der Waals surface area contributed by atoms with E-state index in [0.717, 1.165) is 44.7 Å². The van der Waals surface area contributed by atoms with Crippen molar-refractivity contribution in [3.63, 3.8) is 0 Å². The summed E-state index contributed by atoms with van der Waals surface area (Å²) in [5.41, 5.74) is -0.126. The zero-order chi connectivity index (χ0) is 16.7. The largest absolute Gasteiger partial charge is 0.469 e. The predicted molar refractivity (Wildman–Crippen MR) is 103 cm³/mol. The van der Waals surface area contributed by atoms with Crippen LogP contribution in [0, 0.1) is 11.3 Å². The minimum atomic E-state index is -0.126. The fraction of sp³-hybridized carbons (Fsp3) is 0.875. The number of likely N-dealkylation sites (tertiary alicyclic amines) is 1. The number of aliphatic hydroxyl groups excluding tert-OH is 1. The molecule has 0 aliphatic carbocycles. The first-order valence-electron chi connectivity index (χ1n) is 8.36. The van der Waals surface area contributed by atoms with Crippen LogP contribution < -0.4 is 5.32 Å². The third kappa shape index (κ3) is 5.45. The number of ether oxygens (including phenoxy) is 2. The molecule has 0 bridgehead atoms. The number of halogens is 1. The van der Waals surface area contributed by atoms with Gasteiger partial charge in [0.2, 0.25) is 0 Å². The number of aliphatic hydroxyl groups is 1. The molecular formula is C16H30IN3O4. The van der Waals surface area contributed by atoms with E-state index in [9.17, 15) is 9.90 Å². The number of methoxy groups -OCH3 is 1. The van der Waals surface area contributed by atoms with E-state index in [4.69, 9.17) is 9.47 Å². The molecular weight excluding hydrogens is 425 g/mol. The van der Waals surface area contributed by atoms with Crippen molar-refractivity contribution >= 4 is 35.9 Å². The molecule has 0 aromatic rings. The van der Waals surface area contributed by atoms with E-state index in [2.05, 4.69) is 15.2 Å². The summed E-state index contributed by atoms with van der Waals surface area (Å²) in [5.74, 6) is 0.718. The third-order valence-electron chi connectivity index (χ3n) is 5.05. The van der Waals surface area contributed by atoms with Crippen molar-refractivity contribution in [3.8, 4) is 0 Å². The molecule has 2 rings (SSSR count). The van der Waals surface area contributed by atoms with Crippen molar-refractivity contribution in [1.82, 2.24) is 10.2 Å². The number of hydrogen-bond donors (Lipinski definition) is 2. The molecule has 2 aliphatic heterocycles. The molecule has 2 aliphatic rings. The minimum Gasteiger partial charge on any atom is -0.469 e. The molecule has 0 aromatic carbocycles. The Kier molecular flexibility index (Phi) is 9.28. The zero-order valence-corrected chi connectivity index (χ0v) is 17.0. The highest BCUT2D eigenvalue weighted by atomic mass is 127. The molecule has 140 valence electrons. The van der Waals surface area contributed by atoms with Crippen molar-refractivity contribution < 1.29 is 19.4 Å². The van der Waals surface area contributed by atoms with Gasteiger partial charge in [0.05, 0.1) is 19.6 Å². The second-order valence-electron chi connectivity index (χ2n) is 6.46. The fourth-order valence-corrected chi connectivity index (χ4v) is 3.29. The summed E-state index contributed by atoms with van der Waals surface area (Å²) < 4.78 is 10.2. The standard InChI is InChI=1S/C16H29N3O4.HI/c1-17-15(18-11-16(12-20)5-9-23-10-6-16)19-7-3-13(4-8-19)14(21)22-2;/h13,20H,3-12H2,1-2H3,(H,17,18);1H. The van der Waals surface area contributed by atoms with Gasteiger partial charge < -0.3 is 24.8 Å². The number of aliphatic imine (C=N–C) groups is 1. The van der Waals surface area contributed by atoms with Crippen LogP contribution in [0.5, 0.6) is 0 Å². The van der Waals surface area contributed by atoms with Crippen LogP contribution >= 0.6 is 24.0 Å². The van der Waals surface area contributed by atoms with Gasteiger partial charge in [0, 0.05) is 45.3 Å². The van der Waals surface area contributed by atoms with Crippen molar-refractivity contribution in [2.45, 2.75) is 25.7 Å². The lowest BCUT2D eigenvalue weighted by atomic mass is 9.81. The van der Waals surface area contributed by atoms with Crippen LogP contribution in [0.2, 0.25) is 0 Å². The monoisotopic (exact) mass is 455 g/mol. The number of esters is 1. The Labute approximate surface area is 161 Å². The quantitative estimate of drug-likeness (QED) is 0.283. The molecule has 24 heavy (non-hydrogen) atoms. The Bertz CT molecular complexity index is 420. The van der Waals surface area contributed by atoms with E-state index < -0.39 is 0 Å². The second-order valence-corrected chi connectivity index (χ2v) is 6.46. The summed E-state index contributed by atoms with van der Waals surface area (Å²) >= 11 is 0. The average molecular weight is 455 g/mol. The lowest BCUT2D eigenvalue weighted by Crippen LogP contribution is -2.51. The Hall–Kier alpha value is -0.610. The van der Waals surface area contributed by atoms with Gasteiger partial charge in [-0.15, -0.1) is 24.0 Å².